The zero-order valence-corrected chi connectivity index (χ0v) is 9.34. The number of carbonyl (C=O) groups is 1. The molecule has 0 bridgehead atoms. The zero-order chi connectivity index (χ0) is 9.97. The molecule has 2 rings (SSSR count). The third kappa shape index (κ3) is 2.07. The van der Waals surface area contributed by atoms with Crippen LogP contribution in [0, 0.1) is 0 Å². The lowest BCUT2D eigenvalue weighted by atomic mass is 10.0. The quantitative estimate of drug-likeness (QED) is 0.774. The molecule has 1 aliphatic carbocycles. The third-order valence-corrected chi connectivity index (χ3v) is 3.16. The fourth-order valence-electron chi connectivity index (χ4n) is 1.64. The van der Waals surface area contributed by atoms with Crippen LogP contribution in [0.2, 0.25) is 0 Å². The van der Waals surface area contributed by atoms with Gasteiger partial charge in [-0.25, -0.2) is 0 Å². The predicted octanol–water partition coefficient (Wildman–Crippen LogP) is 1.50. The Morgan fingerprint density at radius 3 is 2.86 bits per heavy atom. The Morgan fingerprint density at radius 2 is 2.21 bits per heavy atom. The molecular weight excluding hydrogens is 246 g/mol. The summed E-state index contributed by atoms with van der Waals surface area (Å²) < 4.78 is 6.55. The van der Waals surface area contributed by atoms with Gasteiger partial charge in [0, 0.05) is 11.0 Å². The fourth-order valence-corrected chi connectivity index (χ4v) is 2.29. The van der Waals surface area contributed by atoms with Crippen molar-refractivity contribution in [3.05, 3.63) is 22.2 Å². The minimum absolute atomic E-state index is 0.0126. The van der Waals surface area contributed by atoms with E-state index >= 15 is 0 Å². The largest absolute Gasteiger partial charge is 0.362 e. The zero-order valence-electron chi connectivity index (χ0n) is 7.75. The van der Waals surface area contributed by atoms with Crippen molar-refractivity contribution in [3.8, 4) is 0 Å². The number of ether oxygens (including phenoxy) is 1. The van der Waals surface area contributed by atoms with Crippen LogP contribution >= 0.6 is 15.9 Å². The molecule has 0 spiro atoms. The van der Waals surface area contributed by atoms with Crippen molar-refractivity contribution in [2.75, 3.05) is 13.2 Å². The van der Waals surface area contributed by atoms with Crippen LogP contribution in [0.5, 0.6) is 0 Å². The summed E-state index contributed by atoms with van der Waals surface area (Å²) >= 11 is 3.51. The van der Waals surface area contributed by atoms with E-state index < -0.39 is 0 Å². The molecule has 1 aliphatic heterocycles. The van der Waals surface area contributed by atoms with E-state index in [2.05, 4.69) is 33.4 Å². The maximum atomic E-state index is 10.9. The van der Waals surface area contributed by atoms with Crippen molar-refractivity contribution in [2.45, 2.75) is 18.9 Å². The number of nitrogens with one attached hydrogen (secondary N) is 1. The molecule has 14 heavy (non-hydrogen) atoms. The van der Waals surface area contributed by atoms with E-state index in [-0.39, 0.29) is 18.6 Å². The van der Waals surface area contributed by atoms with Gasteiger partial charge >= 0.3 is 0 Å². The van der Waals surface area contributed by atoms with E-state index in [0.29, 0.717) is 6.54 Å². The molecule has 4 heteroatoms. The highest BCUT2D eigenvalue weighted by atomic mass is 79.9. The van der Waals surface area contributed by atoms with E-state index in [0.717, 1.165) is 22.9 Å². The van der Waals surface area contributed by atoms with E-state index in [9.17, 15) is 4.79 Å². The first-order chi connectivity index (χ1) is 6.77. The molecule has 76 valence electrons. The number of morpholine rings is 1. The lowest BCUT2D eigenvalue weighted by Gasteiger charge is -2.26. The highest BCUT2D eigenvalue weighted by Gasteiger charge is 2.24. The van der Waals surface area contributed by atoms with Gasteiger partial charge in [0.2, 0.25) is 5.91 Å². The molecule has 2 aliphatic rings. The first kappa shape index (κ1) is 9.93. The summed E-state index contributed by atoms with van der Waals surface area (Å²) in [5.41, 5.74) is 1.16. The highest BCUT2D eigenvalue weighted by molar-refractivity contribution is 9.12. The van der Waals surface area contributed by atoms with Crippen molar-refractivity contribution in [1.29, 1.82) is 0 Å². The van der Waals surface area contributed by atoms with E-state index in [1.165, 1.54) is 0 Å². The topological polar surface area (TPSA) is 38.3 Å². The first-order valence-electron chi connectivity index (χ1n) is 4.72. The summed E-state index contributed by atoms with van der Waals surface area (Å²) in [6.07, 6.45) is 6.46. The molecule has 1 atom stereocenters. The molecule has 0 saturated carbocycles. The summed E-state index contributed by atoms with van der Waals surface area (Å²) in [4.78, 5) is 10.9. The lowest BCUT2D eigenvalue weighted by molar-refractivity contribution is -0.131. The van der Waals surface area contributed by atoms with Crippen molar-refractivity contribution in [3.63, 3.8) is 0 Å². The minimum atomic E-state index is -0.0299. The second kappa shape index (κ2) is 4.28. The number of rotatable bonds is 1. The summed E-state index contributed by atoms with van der Waals surface area (Å²) in [6, 6.07) is 0. The number of amides is 1. The Balaban J connectivity index is 2.04. The summed E-state index contributed by atoms with van der Waals surface area (Å²) in [5.74, 6) is -0.0299. The molecule has 1 amide bonds. The Bertz CT molecular complexity index is 299. The Kier molecular flexibility index (Phi) is 3.03. The maximum Gasteiger partial charge on any atom is 0.246 e. The van der Waals surface area contributed by atoms with Gasteiger partial charge in [0.25, 0.3) is 0 Å². The van der Waals surface area contributed by atoms with Crippen LogP contribution in [0.25, 0.3) is 0 Å². The van der Waals surface area contributed by atoms with Gasteiger partial charge in [-0.15, -0.1) is 0 Å². The molecule has 0 aromatic carbocycles. The van der Waals surface area contributed by atoms with E-state index in [1.807, 2.05) is 0 Å². The standard InChI is InChI=1S/C10H12BrNO2/c11-8-4-2-1-3-7(8)9-5-12-10(13)6-14-9/h3-4,9H,1-2,5-6H2,(H,12,13). The van der Waals surface area contributed by atoms with Gasteiger partial charge in [-0.2, -0.15) is 0 Å². The van der Waals surface area contributed by atoms with Gasteiger partial charge in [-0.3, -0.25) is 4.79 Å². The molecule has 0 aromatic rings. The number of hydrogen-bond donors (Lipinski definition) is 1. The van der Waals surface area contributed by atoms with Gasteiger partial charge in [-0.05, 0) is 18.4 Å². The molecule has 0 aromatic heterocycles. The molecular formula is C10H12BrNO2. The SMILES string of the molecule is O=C1COC(C2=CCCC=C2Br)CN1. The number of carbonyl (C=O) groups excluding carboxylic acids is 1. The Hall–Kier alpha value is -0.610. The molecule has 1 N–H and O–H groups in total. The van der Waals surface area contributed by atoms with Gasteiger partial charge in [0.05, 0.1) is 0 Å². The van der Waals surface area contributed by atoms with Crippen LogP contribution in [0.4, 0.5) is 0 Å². The van der Waals surface area contributed by atoms with E-state index in [4.69, 9.17) is 4.74 Å². The van der Waals surface area contributed by atoms with Crippen LogP contribution < -0.4 is 5.32 Å². The number of halogens is 1. The van der Waals surface area contributed by atoms with Gasteiger partial charge in [0.1, 0.15) is 12.7 Å². The first-order valence-corrected chi connectivity index (χ1v) is 5.51. The molecule has 1 unspecified atom stereocenters. The average Bonchev–Trinajstić information content (AvgIpc) is 2.20. The van der Waals surface area contributed by atoms with Crippen molar-refractivity contribution in [1.82, 2.24) is 5.32 Å². The summed E-state index contributed by atoms with van der Waals surface area (Å²) in [7, 11) is 0. The smallest absolute Gasteiger partial charge is 0.246 e. The van der Waals surface area contributed by atoms with Gasteiger partial charge < -0.3 is 10.1 Å². The average molecular weight is 258 g/mol. The normalized spacial score (nSPS) is 27.8. The van der Waals surface area contributed by atoms with E-state index in [1.54, 1.807) is 0 Å². The van der Waals surface area contributed by atoms with Crippen LogP contribution in [0.15, 0.2) is 22.2 Å². The summed E-state index contributed by atoms with van der Waals surface area (Å²) in [6.45, 7) is 0.746. The molecule has 0 radical (unpaired) electrons. The maximum absolute atomic E-state index is 10.9. The molecule has 1 fully saturated rings. The Morgan fingerprint density at radius 1 is 1.43 bits per heavy atom. The molecule has 3 nitrogen and oxygen atoms in total. The second-order valence-corrected chi connectivity index (χ2v) is 4.25. The Labute approximate surface area is 91.3 Å². The molecule has 1 heterocycles. The van der Waals surface area contributed by atoms with Gasteiger partial charge in [0.15, 0.2) is 0 Å². The third-order valence-electron chi connectivity index (χ3n) is 2.38. The molecule has 1 saturated heterocycles. The number of allylic oxidation sites excluding steroid dienone is 2. The van der Waals surface area contributed by atoms with Crippen LogP contribution in [0.1, 0.15) is 12.8 Å². The van der Waals surface area contributed by atoms with Crippen molar-refractivity contribution >= 4 is 21.8 Å². The number of hydrogen-bond acceptors (Lipinski definition) is 2. The van der Waals surface area contributed by atoms with Crippen molar-refractivity contribution in [2.24, 2.45) is 0 Å². The lowest BCUT2D eigenvalue weighted by Crippen LogP contribution is -2.43. The van der Waals surface area contributed by atoms with Crippen LogP contribution in [0.3, 0.4) is 0 Å². The monoisotopic (exact) mass is 257 g/mol. The fraction of sp³-hybridized carbons (Fsp3) is 0.500. The minimum Gasteiger partial charge on any atom is -0.362 e. The van der Waals surface area contributed by atoms with Crippen molar-refractivity contribution < 1.29 is 9.53 Å². The van der Waals surface area contributed by atoms with Gasteiger partial charge in [-0.1, -0.05) is 28.1 Å². The van der Waals surface area contributed by atoms with Crippen LogP contribution in [-0.4, -0.2) is 25.2 Å². The summed E-state index contributed by atoms with van der Waals surface area (Å²) in [5, 5.41) is 2.80. The highest BCUT2D eigenvalue weighted by Crippen LogP contribution is 2.28. The predicted molar refractivity (Wildman–Crippen MR) is 57.1 cm³/mol. The second-order valence-electron chi connectivity index (χ2n) is 3.39. The van der Waals surface area contributed by atoms with Crippen LogP contribution in [-0.2, 0) is 9.53 Å².